The second kappa shape index (κ2) is 5.97. The lowest BCUT2D eigenvalue weighted by Gasteiger charge is -2.12. The van der Waals surface area contributed by atoms with Crippen molar-refractivity contribution in [3.8, 4) is 0 Å². The van der Waals surface area contributed by atoms with E-state index < -0.39 is 23.1 Å². The number of cyclic esters (lactones) is 1. The third kappa shape index (κ3) is 2.61. The molecule has 1 aliphatic heterocycles. The molecule has 1 unspecified atom stereocenters. The SMILES string of the molecule is CC1=C(C)C(OC=C(C(=O)O)n2c(=O)sc3ccccc32)OC1=O. The van der Waals surface area contributed by atoms with E-state index in [0.29, 0.717) is 21.4 Å². The second-order valence-electron chi connectivity index (χ2n) is 5.16. The summed E-state index contributed by atoms with van der Waals surface area (Å²) in [6, 6.07) is 6.85. The van der Waals surface area contributed by atoms with Crippen molar-refractivity contribution in [2.24, 2.45) is 0 Å². The number of hydrogen-bond acceptors (Lipinski definition) is 6. The minimum absolute atomic E-state index is 0.356. The lowest BCUT2D eigenvalue weighted by molar-refractivity contribution is -0.152. The van der Waals surface area contributed by atoms with Gasteiger partial charge in [0.15, 0.2) is 5.70 Å². The van der Waals surface area contributed by atoms with E-state index in [1.807, 2.05) is 0 Å². The number of carbonyl (C=O) groups excluding carboxylic acids is 1. The zero-order valence-electron chi connectivity index (χ0n) is 12.8. The zero-order valence-corrected chi connectivity index (χ0v) is 13.6. The monoisotopic (exact) mass is 347 g/mol. The maximum atomic E-state index is 12.2. The van der Waals surface area contributed by atoms with Crippen molar-refractivity contribution in [1.29, 1.82) is 0 Å². The normalized spacial score (nSPS) is 18.2. The summed E-state index contributed by atoms with van der Waals surface area (Å²) in [5.74, 6) is -1.84. The van der Waals surface area contributed by atoms with Gasteiger partial charge >= 0.3 is 16.8 Å². The van der Waals surface area contributed by atoms with Crippen molar-refractivity contribution in [1.82, 2.24) is 4.57 Å². The molecule has 0 aliphatic carbocycles. The number of carboxylic acid groups (broad SMARTS) is 1. The number of thiazole rings is 1. The van der Waals surface area contributed by atoms with Crippen LogP contribution in [-0.2, 0) is 19.1 Å². The van der Waals surface area contributed by atoms with Gasteiger partial charge in [-0.2, -0.15) is 0 Å². The first kappa shape index (κ1) is 16.0. The Morgan fingerprint density at radius 2 is 2.04 bits per heavy atom. The van der Waals surface area contributed by atoms with E-state index in [9.17, 15) is 19.5 Å². The highest BCUT2D eigenvalue weighted by molar-refractivity contribution is 7.16. The summed E-state index contributed by atoms with van der Waals surface area (Å²) < 4.78 is 12.0. The molecule has 8 heteroatoms. The third-order valence-electron chi connectivity index (χ3n) is 3.71. The van der Waals surface area contributed by atoms with Gasteiger partial charge in [-0.3, -0.25) is 9.36 Å². The Morgan fingerprint density at radius 1 is 1.33 bits per heavy atom. The number of aromatic nitrogens is 1. The summed E-state index contributed by atoms with van der Waals surface area (Å²) >= 11 is 0.937. The molecule has 2 heterocycles. The zero-order chi connectivity index (χ0) is 17.4. The number of esters is 1. The van der Waals surface area contributed by atoms with E-state index in [2.05, 4.69) is 0 Å². The van der Waals surface area contributed by atoms with E-state index in [1.54, 1.807) is 38.1 Å². The number of carboxylic acids is 1. The van der Waals surface area contributed by atoms with Crippen LogP contribution in [0.25, 0.3) is 15.9 Å². The largest absolute Gasteiger partial charge is 0.476 e. The van der Waals surface area contributed by atoms with Gasteiger partial charge in [0.2, 0.25) is 0 Å². The fraction of sp³-hybridized carbons (Fsp3) is 0.188. The summed E-state index contributed by atoms with van der Waals surface area (Å²) in [5, 5.41) is 9.45. The van der Waals surface area contributed by atoms with Crippen LogP contribution in [0.1, 0.15) is 13.8 Å². The average Bonchev–Trinajstić information content (AvgIpc) is 2.99. The molecule has 0 saturated carbocycles. The van der Waals surface area contributed by atoms with Crippen LogP contribution in [0.2, 0.25) is 0 Å². The predicted molar refractivity (Wildman–Crippen MR) is 87.3 cm³/mol. The number of carbonyl (C=O) groups is 2. The van der Waals surface area contributed by atoms with Crippen molar-refractivity contribution < 1.29 is 24.2 Å². The Labute approximate surface area is 140 Å². The maximum Gasteiger partial charge on any atom is 0.356 e. The Hall–Kier alpha value is -2.87. The Morgan fingerprint density at radius 3 is 2.67 bits per heavy atom. The summed E-state index contributed by atoms with van der Waals surface area (Å²) in [4.78, 5) is 34.8. The molecule has 7 nitrogen and oxygen atoms in total. The van der Waals surface area contributed by atoms with Crippen molar-refractivity contribution >= 4 is 39.2 Å². The molecular formula is C16H13NO6S. The van der Waals surface area contributed by atoms with Crippen LogP contribution < -0.4 is 4.87 Å². The second-order valence-corrected chi connectivity index (χ2v) is 6.15. The minimum Gasteiger partial charge on any atom is -0.476 e. The number of ether oxygens (including phenoxy) is 2. The molecule has 2 aromatic rings. The number of aliphatic carboxylic acids is 1. The first-order valence-electron chi connectivity index (χ1n) is 6.98. The van der Waals surface area contributed by atoms with Gasteiger partial charge in [-0.1, -0.05) is 23.5 Å². The van der Waals surface area contributed by atoms with E-state index in [4.69, 9.17) is 9.47 Å². The number of hydrogen-bond donors (Lipinski definition) is 1. The summed E-state index contributed by atoms with van der Waals surface area (Å²) in [5.41, 5.74) is 1.09. The van der Waals surface area contributed by atoms with Crippen molar-refractivity contribution in [2.75, 3.05) is 0 Å². The van der Waals surface area contributed by atoms with Gasteiger partial charge in [-0.05, 0) is 26.0 Å². The summed E-state index contributed by atoms with van der Waals surface area (Å²) in [6.45, 7) is 3.26. The van der Waals surface area contributed by atoms with Crippen LogP contribution in [0, 0.1) is 0 Å². The van der Waals surface area contributed by atoms with E-state index in [1.165, 1.54) is 0 Å². The van der Waals surface area contributed by atoms with Crippen LogP contribution in [0.5, 0.6) is 0 Å². The minimum atomic E-state index is -1.33. The predicted octanol–water partition coefficient (Wildman–Crippen LogP) is 2.18. The highest BCUT2D eigenvalue weighted by Crippen LogP contribution is 2.25. The quantitative estimate of drug-likeness (QED) is 0.517. The fourth-order valence-electron chi connectivity index (χ4n) is 2.26. The van der Waals surface area contributed by atoms with Crippen LogP contribution in [0.3, 0.4) is 0 Å². The smallest absolute Gasteiger partial charge is 0.356 e. The Bertz CT molecular complexity index is 964. The van der Waals surface area contributed by atoms with Crippen LogP contribution >= 0.6 is 11.3 Å². The van der Waals surface area contributed by atoms with Crippen molar-refractivity contribution in [2.45, 2.75) is 20.1 Å². The summed E-state index contributed by atoms with van der Waals surface area (Å²) in [7, 11) is 0. The highest BCUT2D eigenvalue weighted by atomic mass is 32.1. The van der Waals surface area contributed by atoms with Gasteiger partial charge in [-0.25, -0.2) is 9.59 Å². The molecule has 0 radical (unpaired) electrons. The van der Waals surface area contributed by atoms with Gasteiger partial charge < -0.3 is 14.6 Å². The molecule has 1 aliphatic rings. The molecule has 24 heavy (non-hydrogen) atoms. The number of fused-ring (bicyclic) bond motifs is 1. The lowest BCUT2D eigenvalue weighted by Crippen LogP contribution is -2.20. The summed E-state index contributed by atoms with van der Waals surface area (Å²) in [6.07, 6.45) is -0.0596. The van der Waals surface area contributed by atoms with Crippen LogP contribution in [0.15, 0.2) is 46.5 Å². The molecular weight excluding hydrogens is 334 g/mol. The fourth-order valence-corrected chi connectivity index (χ4v) is 3.15. The maximum absolute atomic E-state index is 12.2. The molecule has 3 rings (SSSR count). The molecule has 0 amide bonds. The standard InChI is InChI=1S/C16H13NO6S/c1-8-9(2)15(23-14(8)20)22-7-11(13(18)19)17-10-5-3-4-6-12(10)24-16(17)21/h3-7,15H,1-2H3,(H,18,19). The van der Waals surface area contributed by atoms with E-state index in [-0.39, 0.29) is 5.70 Å². The van der Waals surface area contributed by atoms with Gasteiger partial charge in [-0.15, -0.1) is 0 Å². The van der Waals surface area contributed by atoms with E-state index in [0.717, 1.165) is 22.2 Å². The third-order valence-corrected chi connectivity index (χ3v) is 4.64. The number of para-hydroxylation sites is 1. The molecule has 0 saturated heterocycles. The number of rotatable bonds is 4. The molecule has 0 spiro atoms. The van der Waals surface area contributed by atoms with Crippen molar-refractivity contribution in [3.05, 3.63) is 51.3 Å². The van der Waals surface area contributed by atoms with Crippen molar-refractivity contribution in [3.63, 3.8) is 0 Å². The van der Waals surface area contributed by atoms with Gasteiger partial charge in [0.05, 0.1) is 10.2 Å². The first-order valence-corrected chi connectivity index (χ1v) is 7.80. The van der Waals surface area contributed by atoms with E-state index >= 15 is 0 Å². The Balaban J connectivity index is 2.02. The lowest BCUT2D eigenvalue weighted by atomic mass is 10.2. The number of benzene rings is 1. The molecule has 0 fully saturated rings. The Kier molecular flexibility index (Phi) is 3.98. The molecule has 1 N–H and O–H groups in total. The van der Waals surface area contributed by atoms with Gasteiger partial charge in [0.1, 0.15) is 6.26 Å². The van der Waals surface area contributed by atoms with Gasteiger partial charge in [0.25, 0.3) is 6.29 Å². The van der Waals surface area contributed by atoms with Gasteiger partial charge in [0, 0.05) is 11.1 Å². The molecule has 1 aromatic heterocycles. The average molecular weight is 347 g/mol. The molecule has 1 aromatic carbocycles. The van der Waals surface area contributed by atoms with Crippen LogP contribution in [-0.4, -0.2) is 27.9 Å². The molecule has 1 atom stereocenters. The molecule has 0 bridgehead atoms. The number of nitrogens with zero attached hydrogens (tertiary/aromatic N) is 1. The topological polar surface area (TPSA) is 94.8 Å². The highest BCUT2D eigenvalue weighted by Gasteiger charge is 2.30. The van der Waals surface area contributed by atoms with Crippen LogP contribution in [0.4, 0.5) is 0 Å². The first-order chi connectivity index (χ1) is 11.4. The molecule has 124 valence electrons.